The van der Waals surface area contributed by atoms with Crippen LogP contribution in [0.1, 0.15) is 335 Å². The number of ether oxygens (including phenoxy) is 3. The first-order valence-corrected chi connectivity index (χ1v) is 30.3. The molecule has 1 atom stereocenters. The number of carbonyl (C=O) groups excluding carboxylic acids is 3. The van der Waals surface area contributed by atoms with Crippen LogP contribution in [0.25, 0.3) is 0 Å². The predicted molar refractivity (Wildman–Crippen MR) is 293 cm³/mol. The second-order valence-electron chi connectivity index (χ2n) is 20.6. The summed E-state index contributed by atoms with van der Waals surface area (Å²) >= 11 is 0. The van der Waals surface area contributed by atoms with E-state index in [0.29, 0.717) is 19.3 Å². The van der Waals surface area contributed by atoms with Crippen molar-refractivity contribution in [1.29, 1.82) is 0 Å². The average molecular weight is 958 g/mol. The van der Waals surface area contributed by atoms with Gasteiger partial charge < -0.3 is 14.2 Å². The van der Waals surface area contributed by atoms with Crippen LogP contribution in [-0.4, -0.2) is 37.2 Å². The topological polar surface area (TPSA) is 78.9 Å². The summed E-state index contributed by atoms with van der Waals surface area (Å²) in [7, 11) is 0. The molecular formula is C62H116O6. The van der Waals surface area contributed by atoms with E-state index < -0.39 is 6.10 Å². The maximum absolute atomic E-state index is 12.8. The molecular weight excluding hydrogens is 841 g/mol. The van der Waals surface area contributed by atoms with E-state index in [-0.39, 0.29) is 31.1 Å². The minimum atomic E-state index is -0.769. The lowest BCUT2D eigenvalue weighted by molar-refractivity contribution is -0.167. The molecule has 0 radical (unpaired) electrons. The fourth-order valence-corrected chi connectivity index (χ4v) is 9.12. The fourth-order valence-electron chi connectivity index (χ4n) is 9.12. The molecule has 0 amide bonds. The van der Waals surface area contributed by atoms with Gasteiger partial charge in [-0.25, -0.2) is 0 Å². The Balaban J connectivity index is 4.01. The van der Waals surface area contributed by atoms with Crippen molar-refractivity contribution >= 4 is 17.9 Å². The zero-order valence-electron chi connectivity index (χ0n) is 45.9. The summed E-state index contributed by atoms with van der Waals surface area (Å²) in [5, 5.41) is 0. The smallest absolute Gasteiger partial charge is 0.306 e. The van der Waals surface area contributed by atoms with Gasteiger partial charge in [0.1, 0.15) is 13.2 Å². The Labute approximate surface area is 423 Å². The summed E-state index contributed by atoms with van der Waals surface area (Å²) in [5.41, 5.74) is 0. The minimum Gasteiger partial charge on any atom is -0.462 e. The lowest BCUT2D eigenvalue weighted by atomic mass is 10.0. The summed E-state index contributed by atoms with van der Waals surface area (Å²) in [5.74, 6) is -0.869. The van der Waals surface area contributed by atoms with E-state index in [9.17, 15) is 14.4 Å². The van der Waals surface area contributed by atoms with Crippen LogP contribution in [0.15, 0.2) is 24.3 Å². The normalized spacial score (nSPS) is 12.1. The maximum atomic E-state index is 12.8. The van der Waals surface area contributed by atoms with Crippen LogP contribution < -0.4 is 0 Å². The van der Waals surface area contributed by atoms with Gasteiger partial charge in [0.05, 0.1) is 0 Å². The third-order valence-electron chi connectivity index (χ3n) is 13.7. The highest BCUT2D eigenvalue weighted by Crippen LogP contribution is 2.18. The Hall–Kier alpha value is -2.11. The van der Waals surface area contributed by atoms with Crippen molar-refractivity contribution in [2.45, 2.75) is 341 Å². The molecule has 0 heterocycles. The zero-order chi connectivity index (χ0) is 49.3. The van der Waals surface area contributed by atoms with Gasteiger partial charge in [-0.3, -0.25) is 14.4 Å². The summed E-state index contributed by atoms with van der Waals surface area (Å²) in [6, 6.07) is 0. The van der Waals surface area contributed by atoms with Crippen LogP contribution in [-0.2, 0) is 28.6 Å². The van der Waals surface area contributed by atoms with E-state index in [1.807, 2.05) is 0 Å². The van der Waals surface area contributed by atoms with Gasteiger partial charge >= 0.3 is 17.9 Å². The molecule has 0 rings (SSSR count). The van der Waals surface area contributed by atoms with Gasteiger partial charge in [-0.15, -0.1) is 0 Å². The van der Waals surface area contributed by atoms with Gasteiger partial charge in [0, 0.05) is 19.3 Å². The molecule has 0 bridgehead atoms. The minimum absolute atomic E-state index is 0.0701. The first-order valence-electron chi connectivity index (χ1n) is 30.3. The van der Waals surface area contributed by atoms with Crippen molar-refractivity contribution in [3.8, 4) is 0 Å². The predicted octanol–water partition coefficient (Wildman–Crippen LogP) is 20.3. The van der Waals surface area contributed by atoms with Crippen LogP contribution in [0.5, 0.6) is 0 Å². The van der Waals surface area contributed by atoms with Gasteiger partial charge in [0.2, 0.25) is 0 Å². The van der Waals surface area contributed by atoms with Gasteiger partial charge in [-0.05, 0) is 51.4 Å². The lowest BCUT2D eigenvalue weighted by Gasteiger charge is -2.18. The SMILES string of the molecule is CCCCC/C=C\C/C=C\CCCCCCCCCC(=O)OC(COC(=O)CCCCCCCC)COC(=O)CCCCCCCCCCCCCCCCCCCCCCCCCCCCC. The molecule has 0 aromatic rings. The molecule has 0 N–H and O–H groups in total. The highest BCUT2D eigenvalue weighted by Gasteiger charge is 2.19. The Bertz CT molecular complexity index is 1100. The van der Waals surface area contributed by atoms with Crippen molar-refractivity contribution in [3.05, 3.63) is 24.3 Å². The molecule has 0 aromatic heterocycles. The molecule has 0 aliphatic carbocycles. The monoisotopic (exact) mass is 957 g/mol. The molecule has 68 heavy (non-hydrogen) atoms. The van der Waals surface area contributed by atoms with E-state index in [0.717, 1.165) is 70.6 Å². The summed E-state index contributed by atoms with van der Waals surface area (Å²) in [6.45, 7) is 6.60. The molecule has 0 spiro atoms. The van der Waals surface area contributed by atoms with E-state index in [2.05, 4.69) is 45.1 Å². The lowest BCUT2D eigenvalue weighted by Crippen LogP contribution is -2.30. The third kappa shape index (κ3) is 54.8. The Kier molecular flexibility index (Phi) is 55.7. The third-order valence-corrected chi connectivity index (χ3v) is 13.7. The Morgan fingerprint density at radius 3 is 0.838 bits per heavy atom. The second-order valence-corrected chi connectivity index (χ2v) is 20.6. The Morgan fingerprint density at radius 1 is 0.294 bits per heavy atom. The van der Waals surface area contributed by atoms with Crippen molar-refractivity contribution in [1.82, 2.24) is 0 Å². The van der Waals surface area contributed by atoms with Crippen LogP contribution >= 0.6 is 0 Å². The first-order chi connectivity index (χ1) is 33.5. The van der Waals surface area contributed by atoms with Crippen molar-refractivity contribution in [2.24, 2.45) is 0 Å². The van der Waals surface area contributed by atoms with Gasteiger partial charge in [0.15, 0.2) is 6.10 Å². The van der Waals surface area contributed by atoms with E-state index in [1.165, 1.54) is 225 Å². The molecule has 0 saturated carbocycles. The van der Waals surface area contributed by atoms with E-state index in [1.54, 1.807) is 0 Å². The quantitative estimate of drug-likeness (QED) is 0.0262. The first kappa shape index (κ1) is 65.9. The molecule has 0 saturated heterocycles. The van der Waals surface area contributed by atoms with Crippen molar-refractivity contribution < 1.29 is 28.6 Å². The van der Waals surface area contributed by atoms with E-state index >= 15 is 0 Å². The highest BCUT2D eigenvalue weighted by molar-refractivity contribution is 5.71. The second kappa shape index (κ2) is 57.5. The molecule has 0 aliphatic heterocycles. The van der Waals surface area contributed by atoms with Crippen LogP contribution in [0.3, 0.4) is 0 Å². The standard InChI is InChI=1S/C62H116O6/c1-4-7-10-13-16-18-20-22-24-26-27-28-29-30-31-32-33-34-35-37-38-40-42-44-46-49-52-55-61(64)67-58-59(57-66-60(63)54-51-48-15-12-9-6-3)68-62(65)56-53-50-47-45-43-41-39-36-25-23-21-19-17-14-11-8-5-2/h17,19,23,25,59H,4-16,18,20-22,24,26-58H2,1-3H3/b19-17-,25-23-. The molecule has 0 aromatic carbocycles. The van der Waals surface area contributed by atoms with Gasteiger partial charge in [-0.1, -0.05) is 289 Å². The summed E-state index contributed by atoms with van der Waals surface area (Å²) in [6.07, 6.45) is 67.9. The summed E-state index contributed by atoms with van der Waals surface area (Å²) in [4.78, 5) is 37.9. The van der Waals surface area contributed by atoms with Gasteiger partial charge in [0.25, 0.3) is 0 Å². The molecule has 6 heteroatoms. The summed E-state index contributed by atoms with van der Waals surface area (Å²) < 4.78 is 16.8. The number of allylic oxidation sites excluding steroid dienone is 4. The molecule has 1 unspecified atom stereocenters. The highest BCUT2D eigenvalue weighted by atomic mass is 16.6. The average Bonchev–Trinajstić information content (AvgIpc) is 3.34. The van der Waals surface area contributed by atoms with E-state index in [4.69, 9.17) is 14.2 Å². The fraction of sp³-hybridized carbons (Fsp3) is 0.887. The number of carbonyl (C=O) groups is 3. The van der Waals surface area contributed by atoms with Crippen LogP contribution in [0.2, 0.25) is 0 Å². The van der Waals surface area contributed by atoms with Crippen molar-refractivity contribution in [2.75, 3.05) is 13.2 Å². The largest absolute Gasteiger partial charge is 0.462 e. The molecule has 6 nitrogen and oxygen atoms in total. The number of rotatable bonds is 56. The van der Waals surface area contributed by atoms with Crippen LogP contribution in [0, 0.1) is 0 Å². The van der Waals surface area contributed by atoms with Crippen molar-refractivity contribution in [3.63, 3.8) is 0 Å². The zero-order valence-corrected chi connectivity index (χ0v) is 45.9. The van der Waals surface area contributed by atoms with Gasteiger partial charge in [-0.2, -0.15) is 0 Å². The molecule has 0 fully saturated rings. The van der Waals surface area contributed by atoms with Crippen LogP contribution in [0.4, 0.5) is 0 Å². The number of hydrogen-bond donors (Lipinski definition) is 0. The Morgan fingerprint density at radius 2 is 0.529 bits per heavy atom. The number of esters is 3. The molecule has 0 aliphatic rings. The number of unbranched alkanes of at least 4 members (excludes halogenated alkanes) is 41. The maximum Gasteiger partial charge on any atom is 0.306 e. The molecule has 400 valence electrons. The number of hydrogen-bond acceptors (Lipinski definition) is 6.